The zero-order valence-corrected chi connectivity index (χ0v) is 17.9. The van der Waals surface area contributed by atoms with E-state index in [0.717, 1.165) is 5.56 Å². The van der Waals surface area contributed by atoms with Crippen LogP contribution in [0.4, 0.5) is 5.69 Å². The second-order valence-corrected chi connectivity index (χ2v) is 7.86. The largest absolute Gasteiger partial charge is 0.469 e. The van der Waals surface area contributed by atoms with Crippen LogP contribution in [0.5, 0.6) is 0 Å². The van der Waals surface area contributed by atoms with Crippen molar-refractivity contribution in [1.29, 1.82) is 0 Å². The first kappa shape index (κ1) is 21.0. The summed E-state index contributed by atoms with van der Waals surface area (Å²) in [7, 11) is 1.73. The van der Waals surface area contributed by atoms with Crippen molar-refractivity contribution in [1.82, 2.24) is 4.90 Å². The zero-order valence-electron chi connectivity index (χ0n) is 16.4. The van der Waals surface area contributed by atoms with Crippen molar-refractivity contribution in [2.75, 3.05) is 18.6 Å². The van der Waals surface area contributed by atoms with E-state index in [1.54, 1.807) is 54.9 Å². The number of carbonyl (C=O) groups excluding carboxylic acids is 2. The van der Waals surface area contributed by atoms with Gasteiger partial charge in [-0.05, 0) is 55.1 Å². The molecule has 1 aromatic heterocycles. The van der Waals surface area contributed by atoms with E-state index in [9.17, 15) is 9.59 Å². The molecular formula is C22H21ClN2O3S. The van der Waals surface area contributed by atoms with Gasteiger partial charge in [0.25, 0.3) is 11.8 Å². The van der Waals surface area contributed by atoms with Crippen LogP contribution in [0, 0.1) is 6.92 Å². The molecule has 2 amide bonds. The van der Waals surface area contributed by atoms with Crippen LogP contribution in [0.15, 0.2) is 64.1 Å². The lowest BCUT2D eigenvalue weighted by atomic mass is 10.1. The fraction of sp³-hybridized carbons (Fsp3) is 0.182. The lowest BCUT2D eigenvalue weighted by Crippen LogP contribution is -2.27. The second-order valence-electron chi connectivity index (χ2n) is 6.54. The van der Waals surface area contributed by atoms with Crippen molar-refractivity contribution in [2.24, 2.45) is 0 Å². The summed E-state index contributed by atoms with van der Waals surface area (Å²) in [6.45, 7) is 2.15. The number of thioether (sulfide) groups is 1. The molecule has 150 valence electrons. The maximum Gasteiger partial charge on any atom is 0.259 e. The molecule has 0 atom stereocenters. The van der Waals surface area contributed by atoms with Crippen LogP contribution in [0.3, 0.4) is 0 Å². The van der Waals surface area contributed by atoms with Crippen LogP contribution in [0.2, 0.25) is 5.02 Å². The molecule has 3 aromatic rings. The van der Waals surface area contributed by atoms with Gasteiger partial charge in [-0.3, -0.25) is 9.59 Å². The van der Waals surface area contributed by atoms with E-state index in [1.165, 1.54) is 11.2 Å². The van der Waals surface area contributed by atoms with E-state index < -0.39 is 0 Å². The van der Waals surface area contributed by atoms with Gasteiger partial charge in [0.15, 0.2) is 0 Å². The summed E-state index contributed by atoms with van der Waals surface area (Å²) < 4.78 is 5.18. The number of halogens is 1. The Morgan fingerprint density at radius 3 is 2.45 bits per heavy atom. The van der Waals surface area contributed by atoms with Crippen LogP contribution in [-0.2, 0) is 6.54 Å². The molecule has 2 aromatic carbocycles. The number of hydrogen-bond acceptors (Lipinski definition) is 4. The predicted molar refractivity (Wildman–Crippen MR) is 117 cm³/mol. The zero-order chi connectivity index (χ0) is 21.0. The van der Waals surface area contributed by atoms with E-state index in [0.29, 0.717) is 34.1 Å². The van der Waals surface area contributed by atoms with Gasteiger partial charge in [0.2, 0.25) is 0 Å². The molecule has 1 N–H and O–H groups in total. The van der Waals surface area contributed by atoms with Gasteiger partial charge in [0, 0.05) is 23.5 Å². The summed E-state index contributed by atoms with van der Waals surface area (Å²) in [4.78, 5) is 28.4. The summed E-state index contributed by atoms with van der Waals surface area (Å²) in [5.41, 5.74) is 2.16. The minimum absolute atomic E-state index is 0.213. The molecule has 7 heteroatoms. The van der Waals surface area contributed by atoms with Crippen LogP contribution in [-0.4, -0.2) is 30.0 Å². The lowest BCUT2D eigenvalue weighted by Gasteiger charge is -2.20. The Bertz CT molecular complexity index is 1030. The number of furan rings is 1. The van der Waals surface area contributed by atoms with Crippen LogP contribution < -0.4 is 5.32 Å². The summed E-state index contributed by atoms with van der Waals surface area (Å²) in [5, 5.41) is 3.20. The standard InChI is InChI=1S/C22H21ClN2O3S/c1-14-18(10-11-28-14)21(26)24-20-12-16(23)6-9-19(20)22(27)25(2)13-15-4-7-17(29-3)8-5-15/h4-12H,13H2,1-3H3,(H,24,26). The maximum absolute atomic E-state index is 13.0. The highest BCUT2D eigenvalue weighted by molar-refractivity contribution is 7.98. The van der Waals surface area contributed by atoms with E-state index in [2.05, 4.69) is 5.32 Å². The Morgan fingerprint density at radius 1 is 1.10 bits per heavy atom. The Kier molecular flexibility index (Phi) is 6.67. The molecule has 0 radical (unpaired) electrons. The second kappa shape index (κ2) is 9.20. The van der Waals surface area contributed by atoms with Gasteiger partial charge in [0.1, 0.15) is 5.76 Å². The molecule has 0 unspecified atom stereocenters. The fourth-order valence-electron chi connectivity index (χ4n) is 2.90. The highest BCUT2D eigenvalue weighted by atomic mass is 35.5. The number of benzene rings is 2. The average molecular weight is 429 g/mol. The highest BCUT2D eigenvalue weighted by Gasteiger charge is 2.20. The molecule has 0 aliphatic rings. The minimum Gasteiger partial charge on any atom is -0.469 e. The SMILES string of the molecule is CSc1ccc(CN(C)C(=O)c2ccc(Cl)cc2NC(=O)c2ccoc2C)cc1. The average Bonchev–Trinajstić information content (AvgIpc) is 3.14. The van der Waals surface area contributed by atoms with Gasteiger partial charge in [-0.1, -0.05) is 23.7 Å². The normalized spacial score (nSPS) is 10.6. The monoisotopic (exact) mass is 428 g/mol. The fourth-order valence-corrected chi connectivity index (χ4v) is 3.48. The van der Waals surface area contributed by atoms with Crippen LogP contribution in [0.1, 0.15) is 32.0 Å². The first-order valence-electron chi connectivity index (χ1n) is 8.92. The summed E-state index contributed by atoms with van der Waals surface area (Å²) in [6, 6.07) is 14.5. The highest BCUT2D eigenvalue weighted by Crippen LogP contribution is 2.24. The lowest BCUT2D eigenvalue weighted by molar-refractivity contribution is 0.0786. The van der Waals surface area contributed by atoms with E-state index >= 15 is 0 Å². The van der Waals surface area contributed by atoms with Gasteiger partial charge in [-0.15, -0.1) is 11.8 Å². The van der Waals surface area contributed by atoms with Crippen LogP contribution >= 0.6 is 23.4 Å². The summed E-state index contributed by atoms with van der Waals surface area (Å²) in [5.74, 6) is -0.0686. The summed E-state index contributed by atoms with van der Waals surface area (Å²) in [6.07, 6.45) is 3.47. The number of nitrogens with zero attached hydrogens (tertiary/aromatic N) is 1. The minimum atomic E-state index is -0.358. The smallest absolute Gasteiger partial charge is 0.259 e. The number of anilines is 1. The number of rotatable bonds is 6. The molecular weight excluding hydrogens is 408 g/mol. The van der Waals surface area contributed by atoms with Gasteiger partial charge in [-0.2, -0.15) is 0 Å². The molecule has 0 spiro atoms. The molecule has 29 heavy (non-hydrogen) atoms. The molecule has 3 rings (SSSR count). The predicted octanol–water partition coefficient (Wildman–Crippen LogP) is 5.49. The molecule has 0 fully saturated rings. The maximum atomic E-state index is 13.0. The molecule has 0 saturated heterocycles. The van der Waals surface area contributed by atoms with E-state index in [-0.39, 0.29) is 11.8 Å². The molecule has 5 nitrogen and oxygen atoms in total. The summed E-state index contributed by atoms with van der Waals surface area (Å²) >= 11 is 7.77. The topological polar surface area (TPSA) is 62.6 Å². The van der Waals surface area contributed by atoms with Gasteiger partial charge in [-0.25, -0.2) is 0 Å². The number of nitrogens with one attached hydrogen (secondary N) is 1. The molecule has 0 bridgehead atoms. The van der Waals surface area contributed by atoms with Gasteiger partial charge >= 0.3 is 0 Å². The Morgan fingerprint density at radius 2 is 1.83 bits per heavy atom. The molecule has 0 aliphatic heterocycles. The van der Waals surface area contributed by atoms with Crippen molar-refractivity contribution in [3.8, 4) is 0 Å². The van der Waals surface area contributed by atoms with E-state index in [4.69, 9.17) is 16.0 Å². The van der Waals surface area contributed by atoms with Crippen molar-refractivity contribution >= 4 is 40.9 Å². The first-order valence-corrected chi connectivity index (χ1v) is 10.5. The number of carbonyl (C=O) groups is 2. The van der Waals surface area contributed by atoms with Crippen LogP contribution in [0.25, 0.3) is 0 Å². The molecule has 1 heterocycles. The Hall–Kier alpha value is -2.70. The van der Waals surface area contributed by atoms with Crippen molar-refractivity contribution in [3.63, 3.8) is 0 Å². The van der Waals surface area contributed by atoms with E-state index in [1.807, 2.05) is 30.5 Å². The van der Waals surface area contributed by atoms with Gasteiger partial charge < -0.3 is 14.6 Å². The third-order valence-corrected chi connectivity index (χ3v) is 5.47. The molecule has 0 saturated carbocycles. The number of aryl methyl sites for hydroxylation is 1. The number of hydrogen-bond donors (Lipinski definition) is 1. The number of amides is 2. The third-order valence-electron chi connectivity index (χ3n) is 4.49. The quantitative estimate of drug-likeness (QED) is 0.527. The Balaban J connectivity index is 1.80. The Labute approximate surface area is 179 Å². The van der Waals surface area contributed by atoms with Crippen molar-refractivity contribution in [2.45, 2.75) is 18.4 Å². The van der Waals surface area contributed by atoms with Crippen molar-refractivity contribution < 1.29 is 14.0 Å². The van der Waals surface area contributed by atoms with Crippen molar-refractivity contribution in [3.05, 3.63) is 82.3 Å². The third kappa shape index (κ3) is 5.02. The van der Waals surface area contributed by atoms with Gasteiger partial charge in [0.05, 0.1) is 23.1 Å². The molecule has 0 aliphatic carbocycles. The first-order chi connectivity index (χ1) is 13.9.